The van der Waals surface area contributed by atoms with Crippen LogP contribution >= 0.6 is 0 Å². The summed E-state index contributed by atoms with van der Waals surface area (Å²) < 4.78 is 5.13. The molecule has 0 spiro atoms. The highest BCUT2D eigenvalue weighted by Gasteiger charge is 2.23. The summed E-state index contributed by atoms with van der Waals surface area (Å²) in [6.07, 6.45) is 1.86. The summed E-state index contributed by atoms with van der Waals surface area (Å²) in [6, 6.07) is 8.35. The van der Waals surface area contributed by atoms with E-state index in [-0.39, 0.29) is 12.1 Å². The maximum Gasteiger partial charge on any atom is 0.0713 e. The maximum atomic E-state index is 9.51. The summed E-state index contributed by atoms with van der Waals surface area (Å²) in [5, 5.41) is 13.0. The average molecular weight is 251 g/mol. The summed E-state index contributed by atoms with van der Waals surface area (Å²) in [6.45, 7) is 5.81. The fraction of sp³-hybridized carbons (Fsp3) is 0.600. The molecule has 0 saturated heterocycles. The smallest absolute Gasteiger partial charge is 0.0713 e. The van der Waals surface area contributed by atoms with Crippen LogP contribution in [0.1, 0.15) is 37.8 Å². The second-order valence-corrected chi connectivity index (χ2v) is 4.75. The lowest BCUT2D eigenvalue weighted by Gasteiger charge is -2.31. The zero-order valence-corrected chi connectivity index (χ0v) is 11.7. The van der Waals surface area contributed by atoms with Gasteiger partial charge in [-0.2, -0.15) is 0 Å². The number of nitrogens with one attached hydrogen (secondary N) is 1. The predicted octanol–water partition coefficient (Wildman–Crippen LogP) is 2.47. The molecular weight excluding hydrogens is 226 g/mol. The molecule has 0 heterocycles. The molecule has 1 aromatic rings. The quantitative estimate of drug-likeness (QED) is 0.746. The lowest BCUT2D eigenvalue weighted by atomic mass is 9.93. The Morgan fingerprint density at radius 1 is 1.22 bits per heavy atom. The predicted molar refractivity (Wildman–Crippen MR) is 74.4 cm³/mol. The van der Waals surface area contributed by atoms with Crippen molar-refractivity contribution in [2.75, 3.05) is 13.7 Å². The highest BCUT2D eigenvalue weighted by Crippen LogP contribution is 2.15. The minimum absolute atomic E-state index is 0.155. The van der Waals surface area contributed by atoms with E-state index in [2.05, 4.69) is 37.4 Å². The van der Waals surface area contributed by atoms with E-state index < -0.39 is 0 Å². The zero-order valence-electron chi connectivity index (χ0n) is 11.7. The second-order valence-electron chi connectivity index (χ2n) is 4.75. The van der Waals surface area contributed by atoms with Crippen LogP contribution in [0.5, 0.6) is 0 Å². The second kappa shape index (κ2) is 7.52. The summed E-state index contributed by atoms with van der Waals surface area (Å²) in [4.78, 5) is 0. The van der Waals surface area contributed by atoms with Gasteiger partial charge in [0, 0.05) is 19.2 Å². The van der Waals surface area contributed by atoms with Gasteiger partial charge in [-0.1, -0.05) is 38.1 Å². The summed E-state index contributed by atoms with van der Waals surface area (Å²) >= 11 is 0. The number of hydrogen-bond donors (Lipinski definition) is 2. The van der Waals surface area contributed by atoms with Crippen LogP contribution in [-0.4, -0.2) is 24.4 Å². The van der Waals surface area contributed by atoms with Gasteiger partial charge in [-0.15, -0.1) is 0 Å². The Labute approximate surface area is 110 Å². The summed E-state index contributed by atoms with van der Waals surface area (Å²) in [7, 11) is 1.70. The summed E-state index contributed by atoms with van der Waals surface area (Å²) in [5.41, 5.74) is 2.25. The standard InChI is InChI=1S/C15H25NO2/c1-4-15(5-2,12-17)16-10-13-7-6-8-14(9-13)11-18-3/h6-9,16-17H,4-5,10-12H2,1-3H3. The van der Waals surface area contributed by atoms with Gasteiger partial charge in [0.15, 0.2) is 0 Å². The third-order valence-electron chi connectivity index (χ3n) is 3.63. The van der Waals surface area contributed by atoms with Gasteiger partial charge in [-0.3, -0.25) is 0 Å². The van der Waals surface area contributed by atoms with E-state index in [0.717, 1.165) is 19.4 Å². The van der Waals surface area contributed by atoms with E-state index in [1.54, 1.807) is 7.11 Å². The molecule has 0 aliphatic rings. The molecule has 0 aliphatic heterocycles. The zero-order chi connectivity index (χ0) is 13.4. The Bertz CT molecular complexity index is 340. The SMILES string of the molecule is CCC(CC)(CO)NCc1cccc(COC)c1. The van der Waals surface area contributed by atoms with Crippen molar-refractivity contribution in [2.24, 2.45) is 0 Å². The van der Waals surface area contributed by atoms with E-state index in [1.807, 2.05) is 6.07 Å². The number of aliphatic hydroxyl groups is 1. The molecule has 0 unspecified atom stereocenters. The van der Waals surface area contributed by atoms with Crippen LogP contribution < -0.4 is 5.32 Å². The number of rotatable bonds is 8. The number of ether oxygens (including phenoxy) is 1. The van der Waals surface area contributed by atoms with Gasteiger partial charge in [0.05, 0.1) is 13.2 Å². The van der Waals surface area contributed by atoms with Crippen molar-refractivity contribution in [2.45, 2.75) is 45.4 Å². The Hall–Kier alpha value is -0.900. The van der Waals surface area contributed by atoms with E-state index in [0.29, 0.717) is 6.61 Å². The molecule has 0 atom stereocenters. The monoisotopic (exact) mass is 251 g/mol. The average Bonchev–Trinajstić information content (AvgIpc) is 2.42. The largest absolute Gasteiger partial charge is 0.394 e. The van der Waals surface area contributed by atoms with Crippen LogP contribution in [0.3, 0.4) is 0 Å². The number of hydrogen-bond acceptors (Lipinski definition) is 3. The molecular formula is C15H25NO2. The normalized spacial score (nSPS) is 11.8. The first-order valence-corrected chi connectivity index (χ1v) is 6.62. The molecule has 0 fully saturated rings. The third kappa shape index (κ3) is 4.09. The first-order valence-electron chi connectivity index (χ1n) is 6.62. The maximum absolute atomic E-state index is 9.51. The Kier molecular flexibility index (Phi) is 6.33. The highest BCUT2D eigenvalue weighted by atomic mass is 16.5. The third-order valence-corrected chi connectivity index (χ3v) is 3.63. The molecule has 0 aromatic heterocycles. The van der Waals surface area contributed by atoms with Crippen LogP contribution in [0.4, 0.5) is 0 Å². The van der Waals surface area contributed by atoms with E-state index in [9.17, 15) is 5.11 Å². The van der Waals surface area contributed by atoms with E-state index >= 15 is 0 Å². The fourth-order valence-corrected chi connectivity index (χ4v) is 2.07. The van der Waals surface area contributed by atoms with Crippen LogP contribution in [-0.2, 0) is 17.9 Å². The first-order chi connectivity index (χ1) is 8.69. The lowest BCUT2D eigenvalue weighted by molar-refractivity contribution is 0.149. The lowest BCUT2D eigenvalue weighted by Crippen LogP contribution is -2.47. The summed E-state index contributed by atoms with van der Waals surface area (Å²) in [5.74, 6) is 0. The molecule has 0 aliphatic carbocycles. The molecule has 2 N–H and O–H groups in total. The number of methoxy groups -OCH3 is 1. The van der Waals surface area contributed by atoms with Gasteiger partial charge in [0.25, 0.3) is 0 Å². The van der Waals surface area contributed by atoms with Gasteiger partial charge in [-0.05, 0) is 24.0 Å². The minimum Gasteiger partial charge on any atom is -0.394 e. The van der Waals surface area contributed by atoms with Crippen molar-refractivity contribution in [3.63, 3.8) is 0 Å². The van der Waals surface area contributed by atoms with Crippen LogP contribution in [0, 0.1) is 0 Å². The molecule has 3 nitrogen and oxygen atoms in total. The number of aliphatic hydroxyl groups excluding tert-OH is 1. The van der Waals surface area contributed by atoms with E-state index in [4.69, 9.17) is 4.74 Å². The van der Waals surface area contributed by atoms with Crippen LogP contribution in [0.25, 0.3) is 0 Å². The first kappa shape index (κ1) is 15.2. The highest BCUT2D eigenvalue weighted by molar-refractivity contribution is 5.23. The van der Waals surface area contributed by atoms with Crippen molar-refractivity contribution in [1.29, 1.82) is 0 Å². The Morgan fingerprint density at radius 2 is 1.89 bits per heavy atom. The molecule has 0 amide bonds. The molecule has 1 rings (SSSR count). The minimum atomic E-state index is -0.155. The molecule has 18 heavy (non-hydrogen) atoms. The van der Waals surface area contributed by atoms with Crippen molar-refractivity contribution in [3.05, 3.63) is 35.4 Å². The van der Waals surface area contributed by atoms with Crippen molar-refractivity contribution in [3.8, 4) is 0 Å². The van der Waals surface area contributed by atoms with E-state index in [1.165, 1.54) is 11.1 Å². The molecule has 0 saturated carbocycles. The van der Waals surface area contributed by atoms with Gasteiger partial charge in [0.1, 0.15) is 0 Å². The van der Waals surface area contributed by atoms with Gasteiger partial charge >= 0.3 is 0 Å². The molecule has 1 aromatic carbocycles. The molecule has 0 radical (unpaired) electrons. The molecule has 0 bridgehead atoms. The van der Waals surface area contributed by atoms with Gasteiger partial charge in [0.2, 0.25) is 0 Å². The molecule has 3 heteroatoms. The topological polar surface area (TPSA) is 41.5 Å². The van der Waals surface area contributed by atoms with Gasteiger partial charge in [-0.25, -0.2) is 0 Å². The van der Waals surface area contributed by atoms with Crippen LogP contribution in [0.15, 0.2) is 24.3 Å². The van der Waals surface area contributed by atoms with Crippen molar-refractivity contribution in [1.82, 2.24) is 5.32 Å². The Morgan fingerprint density at radius 3 is 2.44 bits per heavy atom. The Balaban J connectivity index is 2.64. The van der Waals surface area contributed by atoms with Crippen LogP contribution in [0.2, 0.25) is 0 Å². The number of benzene rings is 1. The fourth-order valence-electron chi connectivity index (χ4n) is 2.07. The molecule has 102 valence electrons. The van der Waals surface area contributed by atoms with Crippen molar-refractivity contribution < 1.29 is 9.84 Å². The van der Waals surface area contributed by atoms with Crippen molar-refractivity contribution >= 4 is 0 Å². The van der Waals surface area contributed by atoms with Gasteiger partial charge < -0.3 is 15.2 Å².